The third-order valence-electron chi connectivity index (χ3n) is 6.13. The number of amides is 1. The van der Waals surface area contributed by atoms with Gasteiger partial charge in [-0.1, -0.05) is 12.1 Å². The van der Waals surface area contributed by atoms with Gasteiger partial charge in [-0.25, -0.2) is 14.6 Å². The number of benzene rings is 2. The van der Waals surface area contributed by atoms with Crippen LogP contribution in [-0.4, -0.2) is 50.1 Å². The summed E-state index contributed by atoms with van der Waals surface area (Å²) in [6, 6.07) is 15.1. The van der Waals surface area contributed by atoms with Gasteiger partial charge in [-0.05, 0) is 61.1 Å². The molecule has 3 heterocycles. The molecule has 0 bridgehead atoms. The first-order valence-electron chi connectivity index (χ1n) is 11.3. The third-order valence-corrected chi connectivity index (χ3v) is 6.87. The molecule has 1 aliphatic heterocycles. The average molecular weight is 475 g/mol. The summed E-state index contributed by atoms with van der Waals surface area (Å²) in [6.45, 7) is 1.96. The number of aromatic hydroxyl groups is 1. The van der Waals surface area contributed by atoms with Crippen molar-refractivity contribution in [3.05, 3.63) is 66.6 Å². The molecule has 8 nitrogen and oxygen atoms in total. The Bertz CT molecular complexity index is 1290. The highest BCUT2D eigenvalue weighted by molar-refractivity contribution is 7.98. The van der Waals surface area contributed by atoms with Crippen LogP contribution in [0.4, 0.5) is 5.82 Å². The summed E-state index contributed by atoms with van der Waals surface area (Å²) in [6.07, 6.45) is 7.25. The van der Waals surface area contributed by atoms with Crippen LogP contribution in [0.3, 0.4) is 0 Å². The van der Waals surface area contributed by atoms with E-state index in [0.717, 1.165) is 41.8 Å². The van der Waals surface area contributed by atoms with E-state index in [9.17, 15) is 9.90 Å². The summed E-state index contributed by atoms with van der Waals surface area (Å²) >= 11 is 1.70. The van der Waals surface area contributed by atoms with Crippen molar-refractivity contribution in [2.24, 2.45) is 5.92 Å². The molecule has 2 N–H and O–H groups in total. The number of anilines is 1. The van der Waals surface area contributed by atoms with Crippen LogP contribution >= 0.6 is 11.8 Å². The van der Waals surface area contributed by atoms with Crippen molar-refractivity contribution < 1.29 is 9.90 Å². The van der Waals surface area contributed by atoms with Crippen LogP contribution in [0, 0.1) is 5.92 Å². The predicted octanol–water partition coefficient (Wildman–Crippen LogP) is 3.78. The fourth-order valence-electron chi connectivity index (χ4n) is 4.28. The second kappa shape index (κ2) is 9.72. The lowest BCUT2D eigenvalue weighted by atomic mass is 9.97. The van der Waals surface area contributed by atoms with Crippen LogP contribution in [-0.2, 0) is 11.3 Å². The van der Waals surface area contributed by atoms with Crippen LogP contribution in [0.2, 0.25) is 0 Å². The first-order valence-corrected chi connectivity index (χ1v) is 12.5. The van der Waals surface area contributed by atoms with Crippen LogP contribution in [0.15, 0.2) is 66.0 Å². The van der Waals surface area contributed by atoms with E-state index in [0.29, 0.717) is 18.7 Å². The molecule has 1 unspecified atom stereocenters. The molecular formula is C25H26N6O2S. The van der Waals surface area contributed by atoms with E-state index in [1.165, 1.54) is 11.2 Å². The molecule has 174 valence electrons. The molecule has 1 atom stereocenters. The molecular weight excluding hydrogens is 448 g/mol. The molecule has 0 radical (unpaired) electrons. The summed E-state index contributed by atoms with van der Waals surface area (Å²) in [7, 11) is 0. The van der Waals surface area contributed by atoms with Gasteiger partial charge in [-0.3, -0.25) is 4.79 Å². The van der Waals surface area contributed by atoms with Crippen molar-refractivity contribution in [2.45, 2.75) is 24.3 Å². The first-order chi connectivity index (χ1) is 16.6. The minimum absolute atomic E-state index is 0.0729. The lowest BCUT2D eigenvalue weighted by molar-refractivity contribution is -0.125. The van der Waals surface area contributed by atoms with E-state index >= 15 is 0 Å². The van der Waals surface area contributed by atoms with Crippen molar-refractivity contribution >= 4 is 34.5 Å². The lowest BCUT2D eigenvalue weighted by Crippen LogP contribution is -2.43. The summed E-state index contributed by atoms with van der Waals surface area (Å²) in [5.41, 5.74) is 2.51. The number of aromatic nitrogens is 4. The molecule has 2 aromatic heterocycles. The van der Waals surface area contributed by atoms with Gasteiger partial charge in [0.05, 0.1) is 17.0 Å². The molecule has 1 aliphatic rings. The maximum absolute atomic E-state index is 12.9. The molecule has 1 saturated heterocycles. The SMILES string of the molecule is CSc1ccc(CNC(=O)C2CCCN(c3ncnc4nn(-c5ccc(O)cc5)cc34)C2)cc1. The maximum Gasteiger partial charge on any atom is 0.225 e. The lowest BCUT2D eigenvalue weighted by Gasteiger charge is -2.33. The molecule has 9 heteroatoms. The van der Waals surface area contributed by atoms with E-state index < -0.39 is 0 Å². The number of nitrogens with one attached hydrogen (secondary N) is 1. The number of nitrogens with zero attached hydrogens (tertiary/aromatic N) is 5. The summed E-state index contributed by atoms with van der Waals surface area (Å²) < 4.78 is 1.73. The van der Waals surface area contributed by atoms with E-state index in [1.807, 2.05) is 6.20 Å². The van der Waals surface area contributed by atoms with Gasteiger partial charge in [0, 0.05) is 30.7 Å². The second-order valence-electron chi connectivity index (χ2n) is 8.38. The number of piperidine rings is 1. The van der Waals surface area contributed by atoms with Gasteiger partial charge in [-0.2, -0.15) is 0 Å². The molecule has 0 saturated carbocycles. The Labute approximate surface area is 202 Å². The van der Waals surface area contributed by atoms with E-state index in [-0.39, 0.29) is 17.6 Å². The van der Waals surface area contributed by atoms with E-state index in [2.05, 4.69) is 55.8 Å². The maximum atomic E-state index is 12.9. The Hall–Kier alpha value is -3.59. The molecule has 0 spiro atoms. The van der Waals surface area contributed by atoms with Gasteiger partial charge in [0.1, 0.15) is 17.9 Å². The minimum Gasteiger partial charge on any atom is -0.508 e. The normalized spacial score (nSPS) is 16.0. The molecule has 5 rings (SSSR count). The number of fused-ring (bicyclic) bond motifs is 1. The second-order valence-corrected chi connectivity index (χ2v) is 9.26. The zero-order chi connectivity index (χ0) is 23.5. The van der Waals surface area contributed by atoms with Gasteiger partial charge in [0.2, 0.25) is 5.91 Å². The molecule has 4 aromatic rings. The van der Waals surface area contributed by atoms with E-state index in [1.54, 1.807) is 40.7 Å². The Morgan fingerprint density at radius 3 is 2.71 bits per heavy atom. The Balaban J connectivity index is 1.30. The van der Waals surface area contributed by atoms with Crippen molar-refractivity contribution in [2.75, 3.05) is 24.2 Å². The topological polar surface area (TPSA) is 96.2 Å². The quantitative estimate of drug-likeness (QED) is 0.411. The van der Waals surface area contributed by atoms with Gasteiger partial charge in [-0.15, -0.1) is 16.9 Å². The Morgan fingerprint density at radius 2 is 1.94 bits per heavy atom. The van der Waals surface area contributed by atoms with Crippen molar-refractivity contribution in [3.8, 4) is 11.4 Å². The fourth-order valence-corrected chi connectivity index (χ4v) is 4.68. The standard InChI is InChI=1S/C25H26N6O2S/c1-34-21-10-4-17(5-11-21)13-26-25(33)18-3-2-12-30(14-18)24-22-15-31(29-23(22)27-16-28-24)19-6-8-20(32)9-7-19/h4-11,15-16,18,32H,2-3,12-14H2,1H3,(H,26,33). The molecule has 2 aromatic carbocycles. The van der Waals surface area contributed by atoms with Gasteiger partial charge >= 0.3 is 0 Å². The number of phenols is 1. The zero-order valence-electron chi connectivity index (χ0n) is 18.9. The number of carbonyl (C=O) groups excluding carboxylic acids is 1. The third kappa shape index (κ3) is 4.70. The van der Waals surface area contributed by atoms with Crippen LogP contribution in [0.5, 0.6) is 5.75 Å². The number of carbonyl (C=O) groups is 1. The largest absolute Gasteiger partial charge is 0.508 e. The predicted molar refractivity (Wildman–Crippen MR) is 133 cm³/mol. The molecule has 0 aliphatic carbocycles. The first kappa shape index (κ1) is 22.2. The van der Waals surface area contributed by atoms with Gasteiger partial charge in [0.25, 0.3) is 0 Å². The van der Waals surface area contributed by atoms with E-state index in [4.69, 9.17) is 0 Å². The minimum atomic E-state index is -0.101. The highest BCUT2D eigenvalue weighted by atomic mass is 32.2. The van der Waals surface area contributed by atoms with Crippen LogP contribution in [0.25, 0.3) is 16.7 Å². The molecule has 34 heavy (non-hydrogen) atoms. The number of rotatable bonds is 6. The van der Waals surface area contributed by atoms with Crippen LogP contribution < -0.4 is 10.2 Å². The number of hydrogen-bond donors (Lipinski definition) is 2. The zero-order valence-corrected chi connectivity index (χ0v) is 19.7. The van der Waals surface area contributed by atoms with Crippen molar-refractivity contribution in [1.29, 1.82) is 0 Å². The highest BCUT2D eigenvalue weighted by Gasteiger charge is 2.28. The Kier molecular flexibility index (Phi) is 6.35. The average Bonchev–Trinajstić information content (AvgIpc) is 3.32. The van der Waals surface area contributed by atoms with Gasteiger partial charge in [0.15, 0.2) is 5.65 Å². The number of hydrogen-bond acceptors (Lipinski definition) is 7. The molecule has 1 amide bonds. The number of phenolic OH excluding ortho intramolecular Hbond substituents is 1. The monoisotopic (exact) mass is 474 g/mol. The van der Waals surface area contributed by atoms with Crippen molar-refractivity contribution in [1.82, 2.24) is 25.1 Å². The highest BCUT2D eigenvalue weighted by Crippen LogP contribution is 2.28. The van der Waals surface area contributed by atoms with Crippen LogP contribution in [0.1, 0.15) is 18.4 Å². The summed E-state index contributed by atoms with van der Waals surface area (Å²) in [5, 5.41) is 18.1. The number of thioether (sulfide) groups is 1. The van der Waals surface area contributed by atoms with Crippen molar-refractivity contribution in [3.63, 3.8) is 0 Å². The van der Waals surface area contributed by atoms with Gasteiger partial charge < -0.3 is 15.3 Å². The molecule has 1 fully saturated rings. The smallest absolute Gasteiger partial charge is 0.225 e. The summed E-state index contributed by atoms with van der Waals surface area (Å²) in [4.78, 5) is 25.2. The Morgan fingerprint density at radius 1 is 1.15 bits per heavy atom. The fraction of sp³-hybridized carbons (Fsp3) is 0.280. The summed E-state index contributed by atoms with van der Waals surface area (Å²) in [5.74, 6) is 0.968.